The van der Waals surface area contributed by atoms with Crippen LogP contribution in [0.3, 0.4) is 0 Å². The van der Waals surface area contributed by atoms with Gasteiger partial charge in [-0.2, -0.15) is 0 Å². The van der Waals surface area contributed by atoms with E-state index in [9.17, 15) is 0 Å². The molecule has 127 valence electrons. The largest absolute Gasteiger partial charge is 0.565 e. The predicted molar refractivity (Wildman–Crippen MR) is 95.0 cm³/mol. The van der Waals surface area contributed by atoms with Crippen LogP contribution in [0.2, 0.25) is 19.1 Å². The number of rotatable bonds is 15. The van der Waals surface area contributed by atoms with E-state index in [0.29, 0.717) is 0 Å². The SMILES string of the molecule is CCCCCCCCCCCC[Si](C)(C)O[Si](OC)OC. The van der Waals surface area contributed by atoms with E-state index in [2.05, 4.69) is 20.0 Å². The van der Waals surface area contributed by atoms with Crippen molar-refractivity contribution in [2.45, 2.75) is 90.3 Å². The molecule has 0 aliphatic heterocycles. The van der Waals surface area contributed by atoms with Crippen LogP contribution in [0.25, 0.3) is 0 Å². The normalized spacial score (nSPS) is 12.3. The van der Waals surface area contributed by atoms with Gasteiger partial charge in [0.1, 0.15) is 0 Å². The summed E-state index contributed by atoms with van der Waals surface area (Å²) in [6, 6.07) is 1.21. The zero-order valence-corrected chi connectivity index (χ0v) is 17.0. The molecule has 0 N–H and O–H groups in total. The first-order valence-electron chi connectivity index (χ1n) is 8.69. The summed E-state index contributed by atoms with van der Waals surface area (Å²) in [6.45, 7) is 6.81. The first-order valence-corrected chi connectivity index (χ1v) is 13.0. The molecule has 3 nitrogen and oxygen atoms in total. The van der Waals surface area contributed by atoms with Gasteiger partial charge in [-0.15, -0.1) is 0 Å². The molecule has 0 atom stereocenters. The van der Waals surface area contributed by atoms with Crippen molar-refractivity contribution in [1.82, 2.24) is 0 Å². The van der Waals surface area contributed by atoms with E-state index < -0.39 is 17.8 Å². The van der Waals surface area contributed by atoms with Crippen LogP contribution < -0.4 is 0 Å². The molecular formula is C16H37O3Si2. The smallest absolute Gasteiger partial charge is 0.413 e. The minimum absolute atomic E-state index is 1.21. The molecule has 0 fully saturated rings. The van der Waals surface area contributed by atoms with Gasteiger partial charge >= 0.3 is 9.53 Å². The molecular weight excluding hydrogens is 296 g/mol. The summed E-state index contributed by atoms with van der Waals surface area (Å²) in [5, 5.41) is 0. The molecule has 0 saturated carbocycles. The number of unbranched alkanes of at least 4 members (excludes halogenated alkanes) is 9. The molecule has 0 spiro atoms. The van der Waals surface area contributed by atoms with E-state index in [1.165, 1.54) is 70.3 Å². The van der Waals surface area contributed by atoms with Crippen molar-refractivity contribution in [2.75, 3.05) is 14.2 Å². The summed E-state index contributed by atoms with van der Waals surface area (Å²) in [4.78, 5) is 0. The molecule has 0 saturated heterocycles. The third-order valence-corrected chi connectivity index (χ3v) is 8.93. The molecule has 0 heterocycles. The van der Waals surface area contributed by atoms with E-state index in [0.717, 1.165) is 0 Å². The third kappa shape index (κ3) is 13.7. The van der Waals surface area contributed by atoms with E-state index in [1.807, 2.05) is 0 Å². The van der Waals surface area contributed by atoms with Crippen LogP contribution in [0.1, 0.15) is 71.1 Å². The lowest BCUT2D eigenvalue weighted by Gasteiger charge is -2.25. The highest BCUT2D eigenvalue weighted by Crippen LogP contribution is 2.19. The Morgan fingerprint density at radius 2 is 1.14 bits per heavy atom. The molecule has 0 aliphatic rings. The standard InChI is InChI=1S/C16H37O3Si2/c1-6-7-8-9-10-11-12-13-14-15-16-21(4,5)19-20(17-2)18-3/h6-16H2,1-5H3. The van der Waals surface area contributed by atoms with E-state index in [4.69, 9.17) is 13.0 Å². The Bertz CT molecular complexity index is 222. The Morgan fingerprint density at radius 3 is 1.57 bits per heavy atom. The quantitative estimate of drug-likeness (QED) is 0.296. The predicted octanol–water partition coefficient (Wildman–Crippen LogP) is 5.41. The molecule has 5 heteroatoms. The van der Waals surface area contributed by atoms with E-state index in [-0.39, 0.29) is 0 Å². The Balaban J connectivity index is 3.44. The van der Waals surface area contributed by atoms with E-state index in [1.54, 1.807) is 14.2 Å². The van der Waals surface area contributed by atoms with Crippen LogP contribution in [-0.2, 0) is 13.0 Å². The van der Waals surface area contributed by atoms with Crippen LogP contribution in [0.4, 0.5) is 0 Å². The van der Waals surface area contributed by atoms with Gasteiger partial charge in [-0.05, 0) is 19.1 Å². The van der Waals surface area contributed by atoms with Crippen molar-refractivity contribution in [3.63, 3.8) is 0 Å². The minimum Gasteiger partial charge on any atom is -0.413 e. The van der Waals surface area contributed by atoms with Crippen molar-refractivity contribution in [1.29, 1.82) is 0 Å². The lowest BCUT2D eigenvalue weighted by Crippen LogP contribution is -2.40. The number of hydrogen-bond donors (Lipinski definition) is 0. The minimum atomic E-state index is -1.60. The fourth-order valence-corrected chi connectivity index (χ4v) is 6.63. The van der Waals surface area contributed by atoms with Gasteiger partial charge < -0.3 is 13.0 Å². The summed E-state index contributed by atoms with van der Waals surface area (Å²) < 4.78 is 16.5. The molecule has 0 aromatic rings. The van der Waals surface area contributed by atoms with Crippen LogP contribution in [0.15, 0.2) is 0 Å². The number of hydrogen-bond acceptors (Lipinski definition) is 3. The average Bonchev–Trinajstić information content (AvgIpc) is 2.46. The molecule has 0 unspecified atom stereocenters. The Morgan fingerprint density at radius 1 is 0.714 bits per heavy atom. The van der Waals surface area contributed by atoms with Gasteiger partial charge in [-0.25, -0.2) is 0 Å². The van der Waals surface area contributed by atoms with Crippen LogP contribution >= 0.6 is 0 Å². The first-order chi connectivity index (χ1) is 10.1. The van der Waals surface area contributed by atoms with E-state index >= 15 is 0 Å². The lowest BCUT2D eigenvalue weighted by atomic mass is 10.1. The highest BCUT2D eigenvalue weighted by atomic mass is 28.4. The van der Waals surface area contributed by atoms with Gasteiger partial charge in [0.15, 0.2) is 8.32 Å². The molecule has 21 heavy (non-hydrogen) atoms. The fraction of sp³-hybridized carbons (Fsp3) is 1.00. The maximum atomic E-state index is 6.02. The Hall–Kier alpha value is 0.314. The zero-order chi connectivity index (χ0) is 16.0. The molecule has 0 aromatic carbocycles. The van der Waals surface area contributed by atoms with Gasteiger partial charge in [-0.1, -0.05) is 71.1 Å². The first kappa shape index (κ1) is 21.3. The second-order valence-electron chi connectivity index (χ2n) is 6.45. The lowest BCUT2D eigenvalue weighted by molar-refractivity contribution is 0.198. The summed E-state index contributed by atoms with van der Waals surface area (Å²) in [5.41, 5.74) is 0. The third-order valence-electron chi connectivity index (χ3n) is 3.83. The maximum absolute atomic E-state index is 6.02. The molecule has 0 amide bonds. The van der Waals surface area contributed by atoms with Gasteiger partial charge in [0.2, 0.25) is 0 Å². The van der Waals surface area contributed by atoms with Crippen molar-refractivity contribution < 1.29 is 13.0 Å². The average molecular weight is 334 g/mol. The molecule has 0 aliphatic carbocycles. The Labute approximate surface area is 135 Å². The second kappa shape index (κ2) is 13.9. The highest BCUT2D eigenvalue weighted by Gasteiger charge is 2.29. The van der Waals surface area contributed by atoms with Crippen molar-refractivity contribution in [2.24, 2.45) is 0 Å². The van der Waals surface area contributed by atoms with Crippen LogP contribution in [-0.4, -0.2) is 32.1 Å². The van der Waals surface area contributed by atoms with Crippen LogP contribution in [0, 0.1) is 0 Å². The van der Waals surface area contributed by atoms with Crippen molar-refractivity contribution in [3.05, 3.63) is 0 Å². The Kier molecular flexibility index (Phi) is 14.1. The molecule has 0 bridgehead atoms. The van der Waals surface area contributed by atoms with Gasteiger partial charge in [0.25, 0.3) is 0 Å². The highest BCUT2D eigenvalue weighted by molar-refractivity contribution is 6.76. The van der Waals surface area contributed by atoms with Crippen LogP contribution in [0.5, 0.6) is 0 Å². The molecule has 1 radical (unpaired) electrons. The summed E-state index contributed by atoms with van der Waals surface area (Å²) in [6.07, 6.45) is 13.9. The zero-order valence-electron chi connectivity index (χ0n) is 15.0. The monoisotopic (exact) mass is 333 g/mol. The maximum Gasteiger partial charge on any atom is 0.565 e. The summed E-state index contributed by atoms with van der Waals surface area (Å²) in [5.74, 6) is 0. The van der Waals surface area contributed by atoms with Crippen molar-refractivity contribution >= 4 is 17.8 Å². The fourth-order valence-electron chi connectivity index (χ4n) is 2.48. The summed E-state index contributed by atoms with van der Waals surface area (Å²) >= 11 is 0. The van der Waals surface area contributed by atoms with Gasteiger partial charge in [-0.3, -0.25) is 0 Å². The topological polar surface area (TPSA) is 27.7 Å². The molecule has 0 aromatic heterocycles. The van der Waals surface area contributed by atoms with Gasteiger partial charge in [0, 0.05) is 14.2 Å². The van der Waals surface area contributed by atoms with Crippen molar-refractivity contribution in [3.8, 4) is 0 Å². The molecule has 0 rings (SSSR count). The van der Waals surface area contributed by atoms with Gasteiger partial charge in [0.05, 0.1) is 0 Å². The second-order valence-corrected chi connectivity index (χ2v) is 12.6. The summed E-state index contributed by atoms with van der Waals surface area (Å²) in [7, 11) is 0.255.